The molecule has 8 nitrogen and oxygen atoms in total. The van der Waals surface area contributed by atoms with Crippen LogP contribution in [-0.4, -0.2) is 53.0 Å². The van der Waals surface area contributed by atoms with Crippen LogP contribution in [0.15, 0.2) is 48.7 Å². The molecule has 0 spiro atoms. The minimum Gasteiger partial charge on any atom is -0.442 e. The number of ether oxygens (including phenoxy) is 1. The Kier molecular flexibility index (Phi) is 7.09. The van der Waals surface area contributed by atoms with Gasteiger partial charge in [-0.2, -0.15) is 24.2 Å². The van der Waals surface area contributed by atoms with E-state index in [1.165, 1.54) is 11.0 Å². The Morgan fingerprint density at radius 1 is 1.21 bits per heavy atom. The van der Waals surface area contributed by atoms with Crippen LogP contribution in [0.3, 0.4) is 0 Å². The molecule has 1 fully saturated rings. The van der Waals surface area contributed by atoms with Crippen molar-refractivity contribution < 1.29 is 27.5 Å². The number of carbonyl (C=O) groups is 2. The van der Waals surface area contributed by atoms with Crippen LogP contribution in [0.2, 0.25) is 0 Å². The molecule has 0 aliphatic carbocycles. The van der Waals surface area contributed by atoms with Gasteiger partial charge in [-0.1, -0.05) is 24.3 Å². The number of alkyl halides is 2. The summed E-state index contributed by atoms with van der Waals surface area (Å²) in [6.07, 6.45) is -0.426. The second kappa shape index (κ2) is 10.4. The minimum atomic E-state index is -3.15. The summed E-state index contributed by atoms with van der Waals surface area (Å²) >= 11 is 0. The van der Waals surface area contributed by atoms with Gasteiger partial charge in [0.15, 0.2) is 0 Å². The molecule has 178 valence electrons. The van der Waals surface area contributed by atoms with Crippen molar-refractivity contribution in [3.63, 3.8) is 0 Å². The number of H-pyrrole nitrogens is 1. The quantitative estimate of drug-likeness (QED) is 0.496. The second-order valence-electron chi connectivity index (χ2n) is 7.84. The van der Waals surface area contributed by atoms with E-state index in [2.05, 4.69) is 15.4 Å². The highest BCUT2D eigenvalue weighted by Gasteiger charge is 2.33. The van der Waals surface area contributed by atoms with Crippen molar-refractivity contribution in [3.8, 4) is 11.1 Å². The van der Waals surface area contributed by atoms with Gasteiger partial charge in [-0.25, -0.2) is 9.18 Å². The molecule has 0 bridgehead atoms. The number of aromatic nitrogens is 3. The lowest BCUT2D eigenvalue weighted by molar-refractivity contribution is -0.132. The van der Waals surface area contributed by atoms with Crippen LogP contribution in [0.4, 0.5) is 23.7 Å². The van der Waals surface area contributed by atoms with Gasteiger partial charge in [0.05, 0.1) is 30.7 Å². The van der Waals surface area contributed by atoms with Crippen LogP contribution in [-0.2, 0) is 22.4 Å². The monoisotopic (exact) mass is 473 g/mol. The van der Waals surface area contributed by atoms with Crippen LogP contribution in [0.1, 0.15) is 17.7 Å². The number of rotatable bonds is 9. The van der Waals surface area contributed by atoms with Crippen LogP contribution >= 0.6 is 0 Å². The number of nitrogens with one attached hydrogen (secondary N) is 2. The first-order valence-electron chi connectivity index (χ1n) is 10.7. The van der Waals surface area contributed by atoms with Gasteiger partial charge in [-0.05, 0) is 48.6 Å². The molecule has 1 saturated heterocycles. The van der Waals surface area contributed by atoms with Crippen molar-refractivity contribution in [1.29, 1.82) is 0 Å². The number of anilines is 1. The number of carbonyl (C=O) groups excluding carboxylic acids is 2. The first-order chi connectivity index (χ1) is 16.4. The molecule has 1 atom stereocenters. The summed E-state index contributed by atoms with van der Waals surface area (Å²) < 4.78 is 44.6. The summed E-state index contributed by atoms with van der Waals surface area (Å²) in [6.45, 7) is -0.249. The Hall–Kier alpha value is -3.89. The number of aryl methyl sites for hydroxylation is 2. The van der Waals surface area contributed by atoms with E-state index in [-0.39, 0.29) is 18.8 Å². The number of hydrogen-bond donors (Lipinski definition) is 2. The van der Waals surface area contributed by atoms with Gasteiger partial charge in [-0.3, -0.25) is 9.69 Å². The zero-order chi connectivity index (χ0) is 24.1. The lowest BCUT2D eigenvalue weighted by atomic mass is 10.0. The molecular formula is C23H22F3N5O3. The SMILES string of the molecule is O=C(NC[C@H]1CN(c2ccc(-c3ccc(CCCc4cn[nH]n4)cc3)c(F)c2)C(=O)O1)C(F)F. The number of cyclic esters (lactones) is 1. The summed E-state index contributed by atoms with van der Waals surface area (Å²) in [7, 11) is 0. The molecule has 2 heterocycles. The van der Waals surface area contributed by atoms with Gasteiger partial charge in [0.25, 0.3) is 5.91 Å². The fourth-order valence-electron chi connectivity index (χ4n) is 3.71. The molecule has 0 radical (unpaired) electrons. The summed E-state index contributed by atoms with van der Waals surface area (Å²) in [6, 6.07) is 12.0. The lowest BCUT2D eigenvalue weighted by Crippen LogP contribution is -2.37. The number of benzene rings is 2. The second-order valence-corrected chi connectivity index (χ2v) is 7.84. The van der Waals surface area contributed by atoms with Crippen molar-refractivity contribution in [1.82, 2.24) is 20.7 Å². The topological polar surface area (TPSA) is 100 Å². The van der Waals surface area contributed by atoms with Gasteiger partial charge < -0.3 is 10.1 Å². The Morgan fingerprint density at radius 2 is 2.00 bits per heavy atom. The largest absolute Gasteiger partial charge is 0.442 e. The molecule has 4 rings (SSSR count). The Labute approximate surface area is 193 Å². The van der Waals surface area contributed by atoms with Crippen LogP contribution in [0.25, 0.3) is 11.1 Å². The molecule has 0 unspecified atom stereocenters. The Balaban J connectivity index is 1.36. The standard InChI is InChI=1S/C23H22F3N5O3/c24-20-10-17(31-13-18(34-23(31)33)12-27-22(32)21(25)26)8-9-19(20)15-6-4-14(5-7-15)2-1-3-16-11-28-30-29-16/h4-11,18,21H,1-3,12-13H2,(H,27,32)(H,28,29,30)/t18-/m0/s1. The zero-order valence-corrected chi connectivity index (χ0v) is 18.0. The molecular weight excluding hydrogens is 451 g/mol. The zero-order valence-electron chi connectivity index (χ0n) is 18.0. The van der Waals surface area contributed by atoms with E-state index in [9.17, 15) is 22.8 Å². The average molecular weight is 473 g/mol. The van der Waals surface area contributed by atoms with E-state index in [0.717, 1.165) is 30.5 Å². The highest BCUT2D eigenvalue weighted by molar-refractivity contribution is 5.90. The smallest absolute Gasteiger partial charge is 0.414 e. The van der Waals surface area contributed by atoms with Crippen LogP contribution < -0.4 is 10.2 Å². The molecule has 1 aliphatic heterocycles. The van der Waals surface area contributed by atoms with Crippen LogP contribution in [0.5, 0.6) is 0 Å². The molecule has 34 heavy (non-hydrogen) atoms. The van der Waals surface area contributed by atoms with Gasteiger partial charge in [0.1, 0.15) is 11.9 Å². The van der Waals surface area contributed by atoms with Crippen molar-refractivity contribution in [2.24, 2.45) is 0 Å². The predicted molar refractivity (Wildman–Crippen MR) is 117 cm³/mol. The maximum Gasteiger partial charge on any atom is 0.414 e. The van der Waals surface area contributed by atoms with E-state index in [1.807, 2.05) is 29.6 Å². The van der Waals surface area contributed by atoms with Gasteiger partial charge >= 0.3 is 12.5 Å². The van der Waals surface area contributed by atoms with E-state index in [4.69, 9.17) is 4.74 Å². The molecule has 1 aromatic heterocycles. The average Bonchev–Trinajstić information content (AvgIpc) is 3.47. The number of amides is 2. The number of nitrogens with zero attached hydrogens (tertiary/aromatic N) is 3. The number of halogens is 3. The number of hydrogen-bond acceptors (Lipinski definition) is 5. The van der Waals surface area contributed by atoms with Gasteiger partial charge in [0.2, 0.25) is 0 Å². The van der Waals surface area contributed by atoms with Crippen molar-refractivity contribution in [2.75, 3.05) is 18.0 Å². The molecule has 11 heteroatoms. The third-order valence-corrected chi connectivity index (χ3v) is 5.47. The Morgan fingerprint density at radius 3 is 2.68 bits per heavy atom. The summed E-state index contributed by atoms with van der Waals surface area (Å²) in [4.78, 5) is 24.3. The van der Waals surface area contributed by atoms with E-state index in [0.29, 0.717) is 11.1 Å². The predicted octanol–water partition coefficient (Wildman–Crippen LogP) is 3.49. The molecule has 1 aliphatic rings. The minimum absolute atomic E-state index is 0.00414. The van der Waals surface area contributed by atoms with Crippen molar-refractivity contribution >= 4 is 17.7 Å². The molecule has 0 saturated carbocycles. The fraction of sp³-hybridized carbons (Fsp3) is 0.304. The highest BCUT2D eigenvalue weighted by atomic mass is 19.3. The van der Waals surface area contributed by atoms with Gasteiger partial charge in [0, 0.05) is 5.56 Å². The van der Waals surface area contributed by atoms with Crippen molar-refractivity contribution in [2.45, 2.75) is 31.8 Å². The summed E-state index contributed by atoms with van der Waals surface area (Å²) in [5, 5.41) is 12.4. The third kappa shape index (κ3) is 5.53. The molecule has 2 amide bonds. The summed E-state index contributed by atoms with van der Waals surface area (Å²) in [5.41, 5.74) is 3.38. The van der Waals surface area contributed by atoms with Crippen LogP contribution in [0, 0.1) is 5.82 Å². The Bertz CT molecular complexity index is 1140. The highest BCUT2D eigenvalue weighted by Crippen LogP contribution is 2.29. The fourth-order valence-corrected chi connectivity index (χ4v) is 3.71. The van der Waals surface area contributed by atoms with Crippen molar-refractivity contribution in [3.05, 3.63) is 65.7 Å². The van der Waals surface area contributed by atoms with E-state index >= 15 is 0 Å². The first kappa shape index (κ1) is 23.3. The maximum atomic E-state index is 14.9. The number of aromatic amines is 1. The molecule has 3 aromatic rings. The normalized spacial score (nSPS) is 15.6. The van der Waals surface area contributed by atoms with E-state index in [1.54, 1.807) is 18.3 Å². The van der Waals surface area contributed by atoms with Gasteiger partial charge in [-0.15, -0.1) is 0 Å². The molecule has 2 N–H and O–H groups in total. The third-order valence-electron chi connectivity index (χ3n) is 5.47. The molecule has 2 aromatic carbocycles. The van der Waals surface area contributed by atoms with E-state index < -0.39 is 30.3 Å². The summed E-state index contributed by atoms with van der Waals surface area (Å²) in [5.74, 6) is -1.95. The lowest BCUT2D eigenvalue weighted by Gasteiger charge is -2.15. The maximum absolute atomic E-state index is 14.9. The first-order valence-corrected chi connectivity index (χ1v) is 10.7.